The van der Waals surface area contributed by atoms with Crippen LogP contribution in [-0.4, -0.2) is 60.0 Å². The summed E-state index contributed by atoms with van der Waals surface area (Å²) in [6, 6.07) is 21.2. The van der Waals surface area contributed by atoms with Gasteiger partial charge in [0.15, 0.2) is 11.6 Å². The van der Waals surface area contributed by atoms with Crippen LogP contribution in [-0.2, 0) is 21.4 Å². The number of phenols is 1. The molecule has 0 saturated carbocycles. The largest absolute Gasteiger partial charge is 0.508 e. The van der Waals surface area contributed by atoms with Crippen molar-refractivity contribution in [3.63, 3.8) is 0 Å². The van der Waals surface area contributed by atoms with Crippen LogP contribution >= 0.6 is 0 Å². The predicted molar refractivity (Wildman–Crippen MR) is 171 cm³/mol. The minimum atomic E-state index is -4.18. The van der Waals surface area contributed by atoms with E-state index < -0.39 is 10.0 Å². The number of amides is 1. The molecule has 1 amide bonds. The normalized spacial score (nSPS) is 11.1. The van der Waals surface area contributed by atoms with Crippen molar-refractivity contribution in [1.29, 1.82) is 0 Å². The van der Waals surface area contributed by atoms with Crippen LogP contribution in [0.1, 0.15) is 13.0 Å². The number of phenolic OH excluding ortho intramolecular Hbond substituents is 1. The molecule has 2 aromatic heterocycles. The van der Waals surface area contributed by atoms with Crippen LogP contribution in [0.15, 0.2) is 96.2 Å². The van der Waals surface area contributed by atoms with Crippen LogP contribution in [0.3, 0.4) is 0 Å². The van der Waals surface area contributed by atoms with E-state index in [0.717, 1.165) is 5.56 Å². The van der Waals surface area contributed by atoms with Gasteiger partial charge in [0.2, 0.25) is 5.91 Å². The highest BCUT2D eigenvalue weighted by atomic mass is 32.2. The van der Waals surface area contributed by atoms with Crippen molar-refractivity contribution in [1.82, 2.24) is 19.9 Å². The summed E-state index contributed by atoms with van der Waals surface area (Å²) in [6.45, 7) is 0.615. The summed E-state index contributed by atoms with van der Waals surface area (Å²) in [7, 11) is -0.905. The zero-order valence-electron chi connectivity index (χ0n) is 23.4. The molecule has 0 aliphatic carbocycles. The van der Waals surface area contributed by atoms with E-state index in [1.54, 1.807) is 55.8 Å². The minimum Gasteiger partial charge on any atom is -0.508 e. The lowest BCUT2D eigenvalue weighted by atomic mass is 10.2. The Balaban J connectivity index is 0.00000442. The van der Waals surface area contributed by atoms with Gasteiger partial charge in [-0.25, -0.2) is 18.4 Å². The number of sulfonamides is 1. The van der Waals surface area contributed by atoms with Gasteiger partial charge in [-0.05, 0) is 49.0 Å². The third kappa shape index (κ3) is 7.96. The first-order valence-corrected chi connectivity index (χ1v) is 14.6. The number of para-hydroxylation sites is 2. The van der Waals surface area contributed by atoms with Crippen LogP contribution in [0.4, 0.5) is 23.0 Å². The topological polar surface area (TPSA) is 159 Å². The van der Waals surface area contributed by atoms with E-state index in [2.05, 4.69) is 30.3 Å². The molecule has 0 aliphatic heterocycles. The minimum absolute atomic E-state index is 0. The van der Waals surface area contributed by atoms with Crippen molar-refractivity contribution in [3.05, 3.63) is 96.8 Å². The number of fused-ring (bicyclic) bond motifs is 1. The number of methoxy groups -OCH3 is 1. The Morgan fingerprint density at radius 2 is 1.68 bits per heavy atom. The molecule has 5 aromatic rings. The van der Waals surface area contributed by atoms with Crippen molar-refractivity contribution >= 4 is 50.0 Å². The molecule has 3 aromatic carbocycles. The first-order valence-electron chi connectivity index (χ1n) is 13.1. The second-order valence-electron chi connectivity index (χ2n) is 9.67. The number of rotatable bonds is 11. The number of anilines is 4. The smallest absolute Gasteiger partial charge is 0.263 e. The highest BCUT2D eigenvalue weighted by molar-refractivity contribution is 7.92. The molecule has 5 rings (SSSR count). The number of aromatic hydroxyl groups is 1. The lowest BCUT2D eigenvalue weighted by Crippen LogP contribution is -2.29. The number of pyridine rings is 1. The molecule has 12 nitrogen and oxygen atoms in total. The zero-order chi connectivity index (χ0) is 30.4. The van der Waals surface area contributed by atoms with E-state index in [1.807, 2.05) is 17.0 Å². The Morgan fingerprint density at radius 1 is 0.932 bits per heavy atom. The number of aromatic nitrogens is 3. The molecule has 4 N–H and O–H groups in total. The Bertz CT molecular complexity index is 1870. The lowest BCUT2D eigenvalue weighted by Gasteiger charge is -2.17. The summed E-state index contributed by atoms with van der Waals surface area (Å²) in [6.07, 6.45) is 3.42. The van der Waals surface area contributed by atoms with Crippen LogP contribution in [0.25, 0.3) is 11.0 Å². The first-order chi connectivity index (χ1) is 20.7. The molecular weight excluding hydrogens is 582 g/mol. The number of hydrogen-bond donors (Lipinski definition) is 4. The van der Waals surface area contributed by atoms with Crippen LogP contribution in [0, 0.1) is 0 Å². The van der Waals surface area contributed by atoms with Crippen molar-refractivity contribution in [2.24, 2.45) is 0 Å². The number of nitrogens with one attached hydrogen (secondary N) is 3. The SMILES string of the molecule is C.COc1cc(O)cc(Nc2nc3ccccc3nc2NS(=O)(=O)c2cccc(NC(=O)CN(C)Cc3cccnc3)c2)c1. The maximum absolute atomic E-state index is 13.5. The van der Waals surface area contributed by atoms with E-state index in [4.69, 9.17) is 4.74 Å². The summed E-state index contributed by atoms with van der Waals surface area (Å²) in [5, 5.41) is 15.9. The van der Waals surface area contributed by atoms with E-state index in [9.17, 15) is 18.3 Å². The van der Waals surface area contributed by atoms with Crippen molar-refractivity contribution in [2.45, 2.75) is 18.9 Å². The number of carbonyl (C=O) groups excluding carboxylic acids is 1. The summed E-state index contributed by atoms with van der Waals surface area (Å²) in [5.41, 5.74) is 2.68. The number of ether oxygens (including phenoxy) is 1. The van der Waals surface area contributed by atoms with E-state index in [1.165, 1.54) is 37.4 Å². The third-order valence-electron chi connectivity index (χ3n) is 6.21. The van der Waals surface area contributed by atoms with Gasteiger partial charge < -0.3 is 20.5 Å². The van der Waals surface area contributed by atoms with Crippen LogP contribution in [0.2, 0.25) is 0 Å². The molecular formula is C31H33N7O5S. The molecule has 0 saturated heterocycles. The van der Waals surface area contributed by atoms with Gasteiger partial charge in [-0.2, -0.15) is 0 Å². The number of nitrogens with zero attached hydrogens (tertiary/aromatic N) is 4. The van der Waals surface area contributed by atoms with Crippen LogP contribution < -0.4 is 20.1 Å². The summed E-state index contributed by atoms with van der Waals surface area (Å²) >= 11 is 0. The van der Waals surface area contributed by atoms with Crippen molar-refractivity contribution in [3.8, 4) is 11.5 Å². The number of likely N-dealkylation sites (N-methyl/N-ethyl adjacent to an activating group) is 1. The molecule has 0 atom stereocenters. The molecule has 44 heavy (non-hydrogen) atoms. The molecule has 13 heteroatoms. The second-order valence-corrected chi connectivity index (χ2v) is 11.4. The monoisotopic (exact) mass is 615 g/mol. The summed E-state index contributed by atoms with van der Waals surface area (Å²) in [5.74, 6) is 0.0752. The number of carbonyl (C=O) groups is 1. The van der Waals surface area contributed by atoms with E-state index in [0.29, 0.717) is 34.7 Å². The molecule has 0 fully saturated rings. The van der Waals surface area contributed by atoms with Gasteiger partial charge >= 0.3 is 0 Å². The van der Waals surface area contributed by atoms with Gasteiger partial charge in [0, 0.05) is 48.5 Å². The van der Waals surface area contributed by atoms with Gasteiger partial charge in [0.1, 0.15) is 11.5 Å². The Labute approximate surface area is 255 Å². The third-order valence-corrected chi connectivity index (χ3v) is 7.54. The predicted octanol–water partition coefficient (Wildman–Crippen LogP) is 4.99. The molecule has 0 aliphatic rings. The Hall–Kier alpha value is -5.27. The van der Waals surface area contributed by atoms with Gasteiger partial charge in [0.05, 0.1) is 29.6 Å². The molecule has 0 unspecified atom stereocenters. The average molecular weight is 616 g/mol. The highest BCUT2D eigenvalue weighted by Gasteiger charge is 2.20. The van der Waals surface area contributed by atoms with Gasteiger partial charge in [-0.15, -0.1) is 0 Å². The fourth-order valence-electron chi connectivity index (χ4n) is 4.30. The fourth-order valence-corrected chi connectivity index (χ4v) is 5.36. The van der Waals surface area contributed by atoms with Gasteiger partial charge in [0.25, 0.3) is 10.0 Å². The summed E-state index contributed by atoms with van der Waals surface area (Å²) < 4.78 is 34.8. The van der Waals surface area contributed by atoms with Crippen LogP contribution in [0.5, 0.6) is 11.5 Å². The molecule has 0 bridgehead atoms. The second kappa shape index (κ2) is 13.8. The number of hydrogen-bond acceptors (Lipinski definition) is 10. The van der Waals surface area contributed by atoms with Gasteiger partial charge in [-0.1, -0.05) is 31.7 Å². The van der Waals surface area contributed by atoms with Gasteiger partial charge in [-0.3, -0.25) is 19.4 Å². The van der Waals surface area contributed by atoms with Crippen molar-refractivity contribution < 1.29 is 23.1 Å². The Kier molecular flexibility index (Phi) is 9.93. The molecule has 228 valence electrons. The zero-order valence-corrected chi connectivity index (χ0v) is 24.2. The average Bonchev–Trinajstić information content (AvgIpc) is 2.97. The molecule has 2 heterocycles. The summed E-state index contributed by atoms with van der Waals surface area (Å²) in [4.78, 5) is 27.6. The quantitative estimate of drug-likeness (QED) is 0.159. The van der Waals surface area contributed by atoms with E-state index in [-0.39, 0.29) is 42.2 Å². The fraction of sp³-hybridized carbons (Fsp3) is 0.161. The van der Waals surface area contributed by atoms with E-state index >= 15 is 0 Å². The highest BCUT2D eigenvalue weighted by Crippen LogP contribution is 2.31. The Morgan fingerprint density at radius 3 is 2.39 bits per heavy atom. The van der Waals surface area contributed by atoms with Crippen molar-refractivity contribution in [2.75, 3.05) is 36.1 Å². The standard InChI is InChI=1S/C30H29N7O5S.CH4/c1-37(18-20-7-6-12-31-17-20)19-28(39)32-21-8-5-9-25(15-21)43(40,41)36-30-29(34-26-10-3-4-11-27(26)35-30)33-22-13-23(38)16-24(14-22)42-2;/h3-17,38H,18-19H2,1-2H3,(H,32,39)(H,33,34)(H,35,36);1H4. The molecule has 0 spiro atoms. The maximum atomic E-state index is 13.5. The lowest BCUT2D eigenvalue weighted by molar-refractivity contribution is -0.117. The number of benzene rings is 3. The maximum Gasteiger partial charge on any atom is 0.263 e. The molecule has 0 radical (unpaired) electrons. The first kappa shape index (κ1) is 31.7.